The van der Waals surface area contributed by atoms with E-state index in [-0.39, 0.29) is 0 Å². The van der Waals surface area contributed by atoms with Crippen molar-refractivity contribution in [3.05, 3.63) is 52.9 Å². The fourth-order valence-electron chi connectivity index (χ4n) is 1.80. The molecular weight excluding hydrogens is 254 g/mol. The summed E-state index contributed by atoms with van der Waals surface area (Å²) in [5.41, 5.74) is 7.31. The Morgan fingerprint density at radius 2 is 2.11 bits per heavy atom. The largest absolute Gasteiger partial charge is 0.390 e. The number of fused-ring (bicyclic) bond motifs is 1. The van der Waals surface area contributed by atoms with Gasteiger partial charge in [-0.1, -0.05) is 6.07 Å². The second-order valence-corrected chi connectivity index (χ2v) is 5.32. The molecule has 0 aliphatic rings. The van der Waals surface area contributed by atoms with E-state index in [1.54, 1.807) is 11.3 Å². The van der Waals surface area contributed by atoms with Gasteiger partial charge in [-0.2, -0.15) is 0 Å². The van der Waals surface area contributed by atoms with Gasteiger partial charge in [0.25, 0.3) is 0 Å². The Labute approximate surface area is 117 Å². The SMILES string of the molecule is Cc1cccs1.Cn1ccc2cc(N=CN)ccc21. The Bertz CT molecular complexity index is 666. The highest BCUT2D eigenvalue weighted by Gasteiger charge is 1.97. The molecule has 0 saturated heterocycles. The van der Waals surface area contributed by atoms with Gasteiger partial charge in [-0.3, -0.25) is 0 Å². The Morgan fingerprint density at radius 3 is 2.68 bits per heavy atom. The summed E-state index contributed by atoms with van der Waals surface area (Å²) in [6.45, 7) is 2.10. The Kier molecular flexibility index (Phi) is 4.36. The van der Waals surface area contributed by atoms with Gasteiger partial charge < -0.3 is 10.3 Å². The molecule has 2 N–H and O–H groups in total. The number of rotatable bonds is 1. The van der Waals surface area contributed by atoms with Gasteiger partial charge >= 0.3 is 0 Å². The van der Waals surface area contributed by atoms with Crippen LogP contribution in [0.15, 0.2) is 53.0 Å². The van der Waals surface area contributed by atoms with Gasteiger partial charge in [-0.05, 0) is 42.6 Å². The van der Waals surface area contributed by atoms with Crippen molar-refractivity contribution in [2.75, 3.05) is 0 Å². The minimum absolute atomic E-state index is 0.890. The van der Waals surface area contributed by atoms with Crippen LogP contribution in [0.4, 0.5) is 5.69 Å². The van der Waals surface area contributed by atoms with E-state index in [1.165, 1.54) is 22.1 Å². The van der Waals surface area contributed by atoms with E-state index in [0.717, 1.165) is 5.69 Å². The van der Waals surface area contributed by atoms with Crippen LogP contribution >= 0.6 is 11.3 Å². The van der Waals surface area contributed by atoms with Gasteiger partial charge in [-0.15, -0.1) is 11.3 Å². The Balaban J connectivity index is 0.000000186. The third-order valence-corrected chi connectivity index (χ3v) is 3.56. The maximum atomic E-state index is 5.21. The smallest absolute Gasteiger partial charge is 0.0860 e. The highest BCUT2D eigenvalue weighted by atomic mass is 32.1. The first-order chi connectivity index (χ1) is 9.20. The molecule has 0 saturated carbocycles. The third kappa shape index (κ3) is 3.45. The molecule has 2 heterocycles. The number of nitrogens with two attached hydrogens (primary N) is 1. The number of aromatic nitrogens is 1. The number of nitrogens with zero attached hydrogens (tertiary/aromatic N) is 2. The van der Waals surface area contributed by atoms with Gasteiger partial charge in [-0.25, -0.2) is 4.99 Å². The molecule has 0 aliphatic carbocycles. The second-order valence-electron chi connectivity index (χ2n) is 4.17. The van der Waals surface area contributed by atoms with Crippen LogP contribution in [0.1, 0.15) is 4.88 Å². The standard InChI is InChI=1S/C10H11N3.C5H6S/c1-13-5-4-8-6-9(12-7-11)2-3-10(8)13;1-5-3-2-4-6-5/h2-7H,1H3,(H2,11,12);2-4H,1H3. The number of thiophene rings is 1. The van der Waals surface area contributed by atoms with Crippen LogP contribution in [0, 0.1) is 6.92 Å². The van der Waals surface area contributed by atoms with Crippen molar-refractivity contribution >= 4 is 34.3 Å². The topological polar surface area (TPSA) is 43.3 Å². The predicted molar refractivity (Wildman–Crippen MR) is 84.3 cm³/mol. The van der Waals surface area contributed by atoms with Crippen LogP contribution in [0.2, 0.25) is 0 Å². The van der Waals surface area contributed by atoms with E-state index in [9.17, 15) is 0 Å². The summed E-state index contributed by atoms with van der Waals surface area (Å²) in [5.74, 6) is 0. The van der Waals surface area contributed by atoms with Crippen molar-refractivity contribution in [2.24, 2.45) is 17.8 Å². The average molecular weight is 271 g/mol. The van der Waals surface area contributed by atoms with Crippen LogP contribution in [-0.4, -0.2) is 10.9 Å². The molecular formula is C15H17N3S. The van der Waals surface area contributed by atoms with Gasteiger partial charge in [0.15, 0.2) is 0 Å². The lowest BCUT2D eigenvalue weighted by Gasteiger charge is -1.96. The fraction of sp³-hybridized carbons (Fsp3) is 0.133. The number of aliphatic imine (C=N–C) groups is 1. The normalized spacial score (nSPS) is 10.6. The van der Waals surface area contributed by atoms with Gasteiger partial charge in [0.1, 0.15) is 0 Å². The monoisotopic (exact) mass is 271 g/mol. The summed E-state index contributed by atoms with van der Waals surface area (Å²) in [7, 11) is 2.02. The molecule has 4 heteroatoms. The first kappa shape index (κ1) is 13.4. The van der Waals surface area contributed by atoms with Crippen LogP contribution in [0.3, 0.4) is 0 Å². The molecule has 3 nitrogen and oxygen atoms in total. The van der Waals surface area contributed by atoms with Crippen LogP contribution in [0.5, 0.6) is 0 Å². The highest BCUT2D eigenvalue weighted by molar-refractivity contribution is 7.09. The molecule has 0 radical (unpaired) electrons. The molecule has 0 aliphatic heterocycles. The summed E-state index contributed by atoms with van der Waals surface area (Å²) in [4.78, 5) is 5.39. The molecule has 3 rings (SSSR count). The number of aryl methyl sites for hydroxylation is 2. The van der Waals surface area contributed by atoms with Crippen molar-refractivity contribution in [2.45, 2.75) is 6.92 Å². The third-order valence-electron chi connectivity index (χ3n) is 2.76. The van der Waals surface area contributed by atoms with Crippen molar-refractivity contribution < 1.29 is 0 Å². The molecule has 0 fully saturated rings. The molecule has 0 unspecified atom stereocenters. The van der Waals surface area contributed by atoms with Crippen molar-refractivity contribution in [3.63, 3.8) is 0 Å². The van der Waals surface area contributed by atoms with E-state index in [1.807, 2.05) is 31.4 Å². The van der Waals surface area contributed by atoms with Crippen molar-refractivity contribution in [1.29, 1.82) is 0 Å². The first-order valence-corrected chi connectivity index (χ1v) is 6.88. The van der Waals surface area contributed by atoms with Crippen molar-refractivity contribution in [1.82, 2.24) is 4.57 Å². The van der Waals surface area contributed by atoms with Crippen LogP contribution in [-0.2, 0) is 7.05 Å². The number of hydrogen-bond acceptors (Lipinski definition) is 2. The van der Waals surface area contributed by atoms with Gasteiger partial charge in [0.05, 0.1) is 12.0 Å². The lowest BCUT2D eigenvalue weighted by atomic mass is 10.2. The minimum Gasteiger partial charge on any atom is -0.390 e. The molecule has 0 bridgehead atoms. The predicted octanol–water partition coefficient (Wildman–Crippen LogP) is 3.85. The summed E-state index contributed by atoms with van der Waals surface area (Å²) >= 11 is 1.78. The van der Waals surface area contributed by atoms with E-state index in [2.05, 4.69) is 40.1 Å². The average Bonchev–Trinajstić information content (AvgIpc) is 3.01. The maximum Gasteiger partial charge on any atom is 0.0860 e. The Hall–Kier alpha value is -2.07. The molecule has 1 aromatic carbocycles. The first-order valence-electron chi connectivity index (χ1n) is 6.00. The zero-order valence-corrected chi connectivity index (χ0v) is 11.9. The van der Waals surface area contributed by atoms with Gasteiger partial charge in [0.2, 0.25) is 0 Å². The lowest BCUT2D eigenvalue weighted by molar-refractivity contribution is 0.969. The van der Waals surface area contributed by atoms with Crippen molar-refractivity contribution in [3.8, 4) is 0 Å². The number of hydrogen-bond donors (Lipinski definition) is 1. The fourth-order valence-corrected chi connectivity index (χ4v) is 2.32. The van der Waals surface area contributed by atoms with Crippen LogP contribution < -0.4 is 5.73 Å². The molecule has 0 amide bonds. The Morgan fingerprint density at radius 1 is 1.26 bits per heavy atom. The minimum atomic E-state index is 0.890. The highest BCUT2D eigenvalue weighted by Crippen LogP contribution is 2.21. The molecule has 3 aromatic rings. The maximum absolute atomic E-state index is 5.21. The van der Waals surface area contributed by atoms with Gasteiger partial charge in [0, 0.05) is 29.0 Å². The zero-order valence-electron chi connectivity index (χ0n) is 11.1. The lowest BCUT2D eigenvalue weighted by Crippen LogP contribution is -1.86. The van der Waals surface area contributed by atoms with Crippen LogP contribution in [0.25, 0.3) is 10.9 Å². The molecule has 19 heavy (non-hydrogen) atoms. The van der Waals surface area contributed by atoms with E-state index in [4.69, 9.17) is 5.73 Å². The summed E-state index contributed by atoms with van der Waals surface area (Å²) in [6, 6.07) is 12.2. The van der Waals surface area contributed by atoms with E-state index in [0.29, 0.717) is 0 Å². The summed E-state index contributed by atoms with van der Waals surface area (Å²) in [5, 5.41) is 3.26. The molecule has 98 valence electrons. The van der Waals surface area contributed by atoms with E-state index >= 15 is 0 Å². The number of benzene rings is 1. The summed E-state index contributed by atoms with van der Waals surface area (Å²) < 4.78 is 2.07. The molecule has 0 atom stereocenters. The quantitative estimate of drug-likeness (QED) is 0.530. The summed E-state index contributed by atoms with van der Waals surface area (Å²) in [6.07, 6.45) is 3.34. The molecule has 2 aromatic heterocycles. The molecule has 0 spiro atoms. The van der Waals surface area contributed by atoms with E-state index < -0.39 is 0 Å². The zero-order chi connectivity index (χ0) is 13.7. The second kappa shape index (κ2) is 6.20.